The van der Waals surface area contributed by atoms with Crippen molar-refractivity contribution in [3.8, 4) is 17.4 Å². The van der Waals surface area contributed by atoms with E-state index in [1.165, 1.54) is 6.07 Å². The molecule has 1 aromatic heterocycles. The molecule has 0 spiro atoms. The Morgan fingerprint density at radius 3 is 2.52 bits per heavy atom. The van der Waals surface area contributed by atoms with Crippen molar-refractivity contribution >= 4 is 23.0 Å². The van der Waals surface area contributed by atoms with Crippen LogP contribution < -0.4 is 5.73 Å². The van der Waals surface area contributed by atoms with Gasteiger partial charge in [0.2, 0.25) is 0 Å². The van der Waals surface area contributed by atoms with Gasteiger partial charge in [0.25, 0.3) is 0 Å². The summed E-state index contributed by atoms with van der Waals surface area (Å²) < 4.78 is 10.2. The Labute approximate surface area is 130 Å². The zero-order valence-corrected chi connectivity index (χ0v) is 11.8. The molecule has 112 valence electrons. The van der Waals surface area contributed by atoms with E-state index in [0.29, 0.717) is 22.1 Å². The van der Waals surface area contributed by atoms with Crippen molar-refractivity contribution in [3.05, 3.63) is 59.7 Å². The lowest BCUT2D eigenvalue weighted by Gasteiger charge is -2.02. The van der Waals surface area contributed by atoms with Crippen LogP contribution in [0.3, 0.4) is 0 Å². The fourth-order valence-electron chi connectivity index (χ4n) is 2.31. The molecule has 0 aliphatic carbocycles. The molecule has 0 bridgehead atoms. The first-order valence-electron chi connectivity index (χ1n) is 6.64. The summed E-state index contributed by atoms with van der Waals surface area (Å²) in [4.78, 5) is 23.2. The highest BCUT2D eigenvalue weighted by Gasteiger charge is 2.24. The van der Waals surface area contributed by atoms with Gasteiger partial charge in [-0.25, -0.2) is 9.59 Å². The van der Waals surface area contributed by atoms with Crippen LogP contribution in [0.2, 0.25) is 0 Å². The SMILES string of the molecule is N#Cc1ccc2oc(-c3ccccc3)c(C(=O)OC(N)=O)c2c1. The van der Waals surface area contributed by atoms with Crippen LogP contribution in [0.5, 0.6) is 0 Å². The van der Waals surface area contributed by atoms with E-state index in [1.807, 2.05) is 12.1 Å². The Morgan fingerprint density at radius 2 is 1.87 bits per heavy atom. The van der Waals surface area contributed by atoms with E-state index >= 15 is 0 Å². The summed E-state index contributed by atoms with van der Waals surface area (Å²) in [6.45, 7) is 0. The van der Waals surface area contributed by atoms with Crippen molar-refractivity contribution < 1.29 is 18.7 Å². The van der Waals surface area contributed by atoms with Gasteiger partial charge in [0, 0.05) is 10.9 Å². The van der Waals surface area contributed by atoms with Gasteiger partial charge in [0.05, 0.1) is 11.6 Å². The normalized spacial score (nSPS) is 10.2. The van der Waals surface area contributed by atoms with Gasteiger partial charge >= 0.3 is 12.1 Å². The number of hydrogen-bond acceptors (Lipinski definition) is 5. The second-order valence-corrected chi connectivity index (χ2v) is 4.70. The molecule has 0 unspecified atom stereocenters. The van der Waals surface area contributed by atoms with Gasteiger partial charge in [-0.1, -0.05) is 30.3 Å². The van der Waals surface area contributed by atoms with Crippen LogP contribution in [0.25, 0.3) is 22.3 Å². The fourth-order valence-corrected chi connectivity index (χ4v) is 2.31. The highest BCUT2D eigenvalue weighted by atomic mass is 16.6. The molecule has 3 rings (SSSR count). The molecule has 2 N–H and O–H groups in total. The third kappa shape index (κ3) is 2.63. The third-order valence-electron chi connectivity index (χ3n) is 3.25. The Bertz CT molecular complexity index is 952. The summed E-state index contributed by atoms with van der Waals surface area (Å²) in [6, 6.07) is 15.5. The minimum absolute atomic E-state index is 0.0575. The van der Waals surface area contributed by atoms with Crippen LogP contribution in [0.1, 0.15) is 15.9 Å². The number of nitrogens with two attached hydrogens (primary N) is 1. The topological polar surface area (TPSA) is 106 Å². The van der Waals surface area contributed by atoms with Gasteiger partial charge in [0.15, 0.2) is 0 Å². The first-order valence-corrected chi connectivity index (χ1v) is 6.64. The molecule has 23 heavy (non-hydrogen) atoms. The van der Waals surface area contributed by atoms with E-state index in [4.69, 9.17) is 15.4 Å². The van der Waals surface area contributed by atoms with Gasteiger partial charge in [0.1, 0.15) is 16.9 Å². The lowest BCUT2D eigenvalue weighted by atomic mass is 10.0. The molecule has 2 aromatic carbocycles. The first kappa shape index (κ1) is 14.4. The quantitative estimate of drug-likeness (QED) is 0.578. The van der Waals surface area contributed by atoms with Crippen LogP contribution in [-0.2, 0) is 4.74 Å². The molecule has 0 saturated heterocycles. The lowest BCUT2D eigenvalue weighted by molar-refractivity contribution is 0.0640. The number of hydrogen-bond donors (Lipinski definition) is 1. The number of fused-ring (bicyclic) bond motifs is 1. The lowest BCUT2D eigenvalue weighted by Crippen LogP contribution is -2.18. The van der Waals surface area contributed by atoms with Crippen molar-refractivity contribution in [1.29, 1.82) is 5.26 Å². The number of rotatable bonds is 2. The van der Waals surface area contributed by atoms with E-state index in [9.17, 15) is 9.59 Å². The predicted molar refractivity (Wildman–Crippen MR) is 81.4 cm³/mol. The van der Waals surface area contributed by atoms with Crippen molar-refractivity contribution in [1.82, 2.24) is 0 Å². The van der Waals surface area contributed by atoms with E-state index in [2.05, 4.69) is 4.74 Å². The molecular weight excluding hydrogens is 296 g/mol. The Balaban J connectivity index is 2.29. The number of primary amides is 1. The molecule has 0 atom stereocenters. The maximum Gasteiger partial charge on any atom is 0.412 e. The highest BCUT2D eigenvalue weighted by Crippen LogP contribution is 2.34. The zero-order valence-electron chi connectivity index (χ0n) is 11.8. The fraction of sp³-hybridized carbons (Fsp3) is 0. The molecule has 0 radical (unpaired) electrons. The van der Waals surface area contributed by atoms with Crippen LogP contribution in [0, 0.1) is 11.3 Å². The summed E-state index contributed by atoms with van der Waals surface area (Å²) in [6.07, 6.45) is -1.21. The maximum absolute atomic E-state index is 12.3. The molecular formula is C17H10N2O4. The minimum Gasteiger partial charge on any atom is -0.455 e. The number of nitrogens with zero attached hydrogens (tertiary/aromatic N) is 1. The van der Waals surface area contributed by atoms with E-state index in [-0.39, 0.29) is 11.3 Å². The Hall–Kier alpha value is -3.59. The van der Waals surface area contributed by atoms with Crippen LogP contribution in [-0.4, -0.2) is 12.1 Å². The number of ether oxygens (including phenoxy) is 1. The molecule has 6 nitrogen and oxygen atoms in total. The second kappa shape index (κ2) is 5.66. The standard InChI is InChI=1S/C17H10N2O4/c18-9-10-6-7-13-12(8-10)14(16(20)23-17(19)21)15(22-13)11-4-2-1-3-5-11/h1-8H,(H2,19,21). The summed E-state index contributed by atoms with van der Waals surface area (Å²) >= 11 is 0. The smallest absolute Gasteiger partial charge is 0.412 e. The molecule has 1 amide bonds. The monoisotopic (exact) mass is 306 g/mol. The third-order valence-corrected chi connectivity index (χ3v) is 3.25. The number of carbonyl (C=O) groups is 2. The number of carbonyl (C=O) groups excluding carboxylic acids is 2. The summed E-state index contributed by atoms with van der Waals surface area (Å²) in [5.41, 5.74) is 6.37. The van der Waals surface area contributed by atoms with Gasteiger partial charge in [-0.05, 0) is 18.2 Å². The largest absolute Gasteiger partial charge is 0.455 e. The average molecular weight is 306 g/mol. The Morgan fingerprint density at radius 1 is 1.13 bits per heavy atom. The Kier molecular flexibility index (Phi) is 3.53. The van der Waals surface area contributed by atoms with Crippen LogP contribution in [0.4, 0.5) is 4.79 Å². The van der Waals surface area contributed by atoms with E-state index < -0.39 is 12.1 Å². The minimum atomic E-state index is -1.21. The summed E-state index contributed by atoms with van der Waals surface area (Å²) in [5.74, 6) is -0.674. The van der Waals surface area contributed by atoms with Gasteiger partial charge in [-0.15, -0.1) is 0 Å². The van der Waals surface area contributed by atoms with Crippen LogP contribution in [0.15, 0.2) is 52.9 Å². The van der Waals surface area contributed by atoms with E-state index in [1.54, 1.807) is 36.4 Å². The number of nitriles is 1. The van der Waals surface area contributed by atoms with Gasteiger partial charge in [-0.2, -0.15) is 5.26 Å². The van der Waals surface area contributed by atoms with Crippen molar-refractivity contribution in [3.63, 3.8) is 0 Å². The van der Waals surface area contributed by atoms with E-state index in [0.717, 1.165) is 0 Å². The molecule has 0 aliphatic heterocycles. The summed E-state index contributed by atoms with van der Waals surface area (Å²) in [7, 11) is 0. The van der Waals surface area contributed by atoms with Gasteiger partial charge in [-0.3, -0.25) is 0 Å². The number of esters is 1. The van der Waals surface area contributed by atoms with Gasteiger partial charge < -0.3 is 14.9 Å². The highest BCUT2D eigenvalue weighted by molar-refractivity contribution is 6.11. The first-order chi connectivity index (χ1) is 11.1. The van der Waals surface area contributed by atoms with Crippen molar-refractivity contribution in [2.75, 3.05) is 0 Å². The zero-order chi connectivity index (χ0) is 16.4. The summed E-state index contributed by atoms with van der Waals surface area (Å²) in [5, 5.41) is 9.41. The molecule has 0 fully saturated rings. The number of furan rings is 1. The van der Waals surface area contributed by atoms with Crippen LogP contribution >= 0.6 is 0 Å². The molecule has 0 aliphatic rings. The molecule has 3 aromatic rings. The number of benzene rings is 2. The second-order valence-electron chi connectivity index (χ2n) is 4.70. The van der Waals surface area contributed by atoms with Crippen molar-refractivity contribution in [2.45, 2.75) is 0 Å². The maximum atomic E-state index is 12.3. The predicted octanol–water partition coefficient (Wildman–Crippen LogP) is 3.21. The molecule has 0 saturated carbocycles. The molecule has 1 heterocycles. The van der Waals surface area contributed by atoms with Crippen molar-refractivity contribution in [2.24, 2.45) is 5.73 Å². The molecule has 6 heteroatoms. The number of amides is 1. The average Bonchev–Trinajstić information content (AvgIpc) is 2.93.